The first-order valence-electron chi connectivity index (χ1n) is 7.57. The second-order valence-corrected chi connectivity index (χ2v) is 6.56. The highest BCUT2D eigenvalue weighted by Gasteiger charge is 2.15. The minimum Gasteiger partial charge on any atom is -0.490 e. The van der Waals surface area contributed by atoms with Gasteiger partial charge in [-0.05, 0) is 54.5 Å². The standard InChI is InChI=1S/C16H25BrN2O2/c1-12(2)19(3)6-5-18-11-13-9-14(17)16-15(10-13)20-7-4-8-21-16/h9-10,12,18H,4-8,11H2,1-3H3. The summed E-state index contributed by atoms with van der Waals surface area (Å²) >= 11 is 3.58. The summed E-state index contributed by atoms with van der Waals surface area (Å²) in [7, 11) is 2.15. The van der Waals surface area contributed by atoms with Crippen molar-refractivity contribution in [1.29, 1.82) is 0 Å². The Balaban J connectivity index is 1.89. The molecule has 2 rings (SSSR count). The Labute approximate surface area is 135 Å². The van der Waals surface area contributed by atoms with Crippen LogP contribution in [0.2, 0.25) is 0 Å². The number of fused-ring (bicyclic) bond motifs is 1. The van der Waals surface area contributed by atoms with E-state index in [1.807, 2.05) is 0 Å². The SMILES string of the molecule is CC(C)N(C)CCNCc1cc(Br)c2c(c1)OCCCO2. The van der Waals surface area contributed by atoms with Gasteiger partial charge in [-0.3, -0.25) is 0 Å². The zero-order valence-corrected chi connectivity index (χ0v) is 14.7. The molecular formula is C16H25BrN2O2. The summed E-state index contributed by atoms with van der Waals surface area (Å²) in [4.78, 5) is 2.33. The summed E-state index contributed by atoms with van der Waals surface area (Å²) in [6.07, 6.45) is 0.927. The maximum Gasteiger partial charge on any atom is 0.175 e. The molecule has 5 heteroatoms. The summed E-state index contributed by atoms with van der Waals surface area (Å²) < 4.78 is 12.4. The Kier molecular flexibility index (Phi) is 6.33. The number of rotatable bonds is 6. The van der Waals surface area contributed by atoms with E-state index in [-0.39, 0.29) is 0 Å². The summed E-state index contributed by atoms with van der Waals surface area (Å²) in [5, 5.41) is 3.48. The number of likely N-dealkylation sites (N-methyl/N-ethyl adjacent to an activating group) is 1. The maximum atomic E-state index is 5.75. The lowest BCUT2D eigenvalue weighted by atomic mass is 10.2. The number of hydrogen-bond donors (Lipinski definition) is 1. The van der Waals surface area contributed by atoms with Crippen LogP contribution in [0.1, 0.15) is 25.8 Å². The molecule has 0 radical (unpaired) electrons. The minimum atomic E-state index is 0.582. The molecule has 1 heterocycles. The molecule has 0 aromatic heterocycles. The third kappa shape index (κ3) is 4.87. The van der Waals surface area contributed by atoms with Crippen LogP contribution in [-0.4, -0.2) is 44.3 Å². The van der Waals surface area contributed by atoms with E-state index in [1.54, 1.807) is 0 Å². The van der Waals surface area contributed by atoms with Gasteiger partial charge in [0.05, 0.1) is 17.7 Å². The van der Waals surface area contributed by atoms with Crippen LogP contribution in [0.5, 0.6) is 11.5 Å². The van der Waals surface area contributed by atoms with Crippen LogP contribution in [-0.2, 0) is 6.54 Å². The zero-order chi connectivity index (χ0) is 15.2. The zero-order valence-electron chi connectivity index (χ0n) is 13.1. The molecule has 0 aliphatic carbocycles. The quantitative estimate of drug-likeness (QED) is 0.794. The van der Waals surface area contributed by atoms with Crippen LogP contribution in [0, 0.1) is 0 Å². The predicted molar refractivity (Wildman–Crippen MR) is 89.2 cm³/mol. The van der Waals surface area contributed by atoms with Crippen molar-refractivity contribution < 1.29 is 9.47 Å². The van der Waals surface area contributed by atoms with E-state index in [0.717, 1.165) is 48.6 Å². The summed E-state index contributed by atoms with van der Waals surface area (Å²) in [5.41, 5.74) is 1.21. The molecule has 21 heavy (non-hydrogen) atoms. The monoisotopic (exact) mass is 356 g/mol. The average molecular weight is 357 g/mol. The largest absolute Gasteiger partial charge is 0.490 e. The van der Waals surface area contributed by atoms with E-state index in [2.05, 4.69) is 59.2 Å². The number of benzene rings is 1. The molecule has 1 aliphatic heterocycles. The van der Waals surface area contributed by atoms with E-state index >= 15 is 0 Å². The van der Waals surface area contributed by atoms with Crippen molar-refractivity contribution in [3.63, 3.8) is 0 Å². The maximum absolute atomic E-state index is 5.75. The molecule has 118 valence electrons. The van der Waals surface area contributed by atoms with Crippen LogP contribution >= 0.6 is 15.9 Å². The third-order valence-corrected chi connectivity index (χ3v) is 4.30. The first-order valence-corrected chi connectivity index (χ1v) is 8.36. The van der Waals surface area contributed by atoms with Crippen molar-refractivity contribution in [2.45, 2.75) is 32.9 Å². The van der Waals surface area contributed by atoms with Gasteiger partial charge in [0.2, 0.25) is 0 Å². The summed E-state index contributed by atoms with van der Waals surface area (Å²) in [6.45, 7) is 8.70. The number of nitrogens with zero attached hydrogens (tertiary/aromatic N) is 1. The van der Waals surface area contributed by atoms with Gasteiger partial charge in [0.25, 0.3) is 0 Å². The molecule has 1 aromatic rings. The molecule has 1 aromatic carbocycles. The van der Waals surface area contributed by atoms with Crippen LogP contribution in [0.25, 0.3) is 0 Å². The van der Waals surface area contributed by atoms with E-state index < -0.39 is 0 Å². The molecule has 0 fully saturated rings. The van der Waals surface area contributed by atoms with Crippen LogP contribution in [0.3, 0.4) is 0 Å². The molecule has 0 saturated carbocycles. The van der Waals surface area contributed by atoms with Crippen molar-refractivity contribution in [2.24, 2.45) is 0 Å². The summed E-state index contributed by atoms with van der Waals surface area (Å²) in [6, 6.07) is 4.76. The number of hydrogen-bond acceptors (Lipinski definition) is 4. The van der Waals surface area contributed by atoms with Gasteiger partial charge in [-0.25, -0.2) is 0 Å². The van der Waals surface area contributed by atoms with E-state index in [0.29, 0.717) is 12.6 Å². The van der Waals surface area contributed by atoms with Gasteiger partial charge in [-0.2, -0.15) is 0 Å². The molecule has 0 unspecified atom stereocenters. The smallest absolute Gasteiger partial charge is 0.175 e. The lowest BCUT2D eigenvalue weighted by molar-refractivity contribution is 0.273. The Hall–Kier alpha value is -0.780. The van der Waals surface area contributed by atoms with E-state index in [1.165, 1.54) is 5.56 Å². The number of nitrogens with one attached hydrogen (secondary N) is 1. The molecular weight excluding hydrogens is 332 g/mol. The van der Waals surface area contributed by atoms with Gasteiger partial charge in [0, 0.05) is 32.1 Å². The van der Waals surface area contributed by atoms with Gasteiger partial charge in [-0.1, -0.05) is 0 Å². The normalized spacial score (nSPS) is 14.6. The Morgan fingerprint density at radius 3 is 2.81 bits per heavy atom. The van der Waals surface area contributed by atoms with E-state index in [9.17, 15) is 0 Å². The Morgan fingerprint density at radius 2 is 2.05 bits per heavy atom. The highest BCUT2D eigenvalue weighted by Crippen LogP contribution is 2.38. The molecule has 0 atom stereocenters. The molecule has 1 aliphatic rings. The minimum absolute atomic E-state index is 0.582. The van der Waals surface area contributed by atoms with Gasteiger partial charge >= 0.3 is 0 Å². The van der Waals surface area contributed by atoms with Gasteiger partial charge in [0.1, 0.15) is 0 Å². The molecule has 4 nitrogen and oxygen atoms in total. The van der Waals surface area contributed by atoms with Crippen LogP contribution < -0.4 is 14.8 Å². The van der Waals surface area contributed by atoms with Crippen molar-refractivity contribution in [3.8, 4) is 11.5 Å². The molecule has 0 saturated heterocycles. The molecule has 1 N–H and O–H groups in total. The molecule has 0 spiro atoms. The fourth-order valence-electron chi connectivity index (χ4n) is 2.13. The number of halogens is 1. The van der Waals surface area contributed by atoms with Crippen molar-refractivity contribution in [1.82, 2.24) is 10.2 Å². The fraction of sp³-hybridized carbons (Fsp3) is 0.625. The average Bonchev–Trinajstić information content (AvgIpc) is 2.69. The lowest BCUT2D eigenvalue weighted by Gasteiger charge is -2.21. The Morgan fingerprint density at radius 1 is 1.29 bits per heavy atom. The van der Waals surface area contributed by atoms with Gasteiger partial charge < -0.3 is 19.7 Å². The summed E-state index contributed by atoms with van der Waals surface area (Å²) in [5.74, 6) is 1.67. The second kappa shape index (κ2) is 8.01. The first-order chi connectivity index (χ1) is 10.1. The van der Waals surface area contributed by atoms with Gasteiger partial charge in [-0.15, -0.1) is 0 Å². The fourth-order valence-corrected chi connectivity index (χ4v) is 2.74. The van der Waals surface area contributed by atoms with E-state index in [4.69, 9.17) is 9.47 Å². The first kappa shape index (κ1) is 16.6. The van der Waals surface area contributed by atoms with Crippen molar-refractivity contribution >= 4 is 15.9 Å². The second-order valence-electron chi connectivity index (χ2n) is 5.71. The molecule has 0 amide bonds. The van der Waals surface area contributed by atoms with Crippen molar-refractivity contribution in [2.75, 3.05) is 33.4 Å². The highest BCUT2D eigenvalue weighted by atomic mass is 79.9. The Bertz CT molecular complexity index is 466. The van der Waals surface area contributed by atoms with Crippen LogP contribution in [0.15, 0.2) is 16.6 Å². The lowest BCUT2D eigenvalue weighted by Crippen LogP contribution is -2.33. The third-order valence-electron chi connectivity index (χ3n) is 3.71. The predicted octanol–water partition coefficient (Wildman–Crippen LogP) is 3.04. The highest BCUT2D eigenvalue weighted by molar-refractivity contribution is 9.10. The molecule has 0 bridgehead atoms. The van der Waals surface area contributed by atoms with Crippen molar-refractivity contribution in [3.05, 3.63) is 22.2 Å². The van der Waals surface area contributed by atoms with Gasteiger partial charge in [0.15, 0.2) is 11.5 Å². The number of ether oxygens (including phenoxy) is 2. The van der Waals surface area contributed by atoms with Crippen LogP contribution in [0.4, 0.5) is 0 Å². The topological polar surface area (TPSA) is 33.7 Å².